The largest absolute Gasteiger partial charge is 0.496 e. The van der Waals surface area contributed by atoms with Crippen molar-refractivity contribution in [2.75, 3.05) is 31.5 Å². The predicted octanol–water partition coefficient (Wildman–Crippen LogP) is 5.94. The number of likely N-dealkylation sites (N-methyl/N-ethyl adjacent to an activating group) is 1. The number of halogens is 1. The number of hydrogen-bond acceptors (Lipinski definition) is 7. The van der Waals surface area contributed by atoms with E-state index in [2.05, 4.69) is 5.32 Å². The van der Waals surface area contributed by atoms with Crippen molar-refractivity contribution < 1.29 is 28.2 Å². The number of ether oxygens (including phenoxy) is 3. The van der Waals surface area contributed by atoms with Gasteiger partial charge in [-0.15, -0.1) is 0 Å². The summed E-state index contributed by atoms with van der Waals surface area (Å²) in [5.41, 5.74) is 10.1. The lowest BCUT2D eigenvalue weighted by Gasteiger charge is -2.40. The van der Waals surface area contributed by atoms with Crippen molar-refractivity contribution in [3.8, 4) is 28.4 Å². The highest BCUT2D eigenvalue weighted by Gasteiger charge is 2.40. The Morgan fingerprint density at radius 2 is 1.60 bits per heavy atom. The third-order valence-electron chi connectivity index (χ3n) is 7.39. The van der Waals surface area contributed by atoms with E-state index in [-0.39, 0.29) is 17.2 Å². The third-order valence-corrected chi connectivity index (χ3v) is 7.39. The van der Waals surface area contributed by atoms with Gasteiger partial charge in [0, 0.05) is 29.8 Å². The van der Waals surface area contributed by atoms with Gasteiger partial charge in [-0.3, -0.25) is 4.79 Å². The lowest BCUT2D eigenvalue weighted by Crippen LogP contribution is -2.52. The summed E-state index contributed by atoms with van der Waals surface area (Å²) in [7, 11) is 4.81. The number of fused-ring (bicyclic) bond motifs is 1. The average Bonchev–Trinajstić information content (AvgIpc) is 2.99. The fraction of sp³-hybridized carbons (Fsp3) is 0.212. The zero-order valence-electron chi connectivity index (χ0n) is 24.0. The summed E-state index contributed by atoms with van der Waals surface area (Å²) in [6.07, 6.45) is 0. The van der Waals surface area contributed by atoms with Crippen molar-refractivity contribution in [1.29, 1.82) is 0 Å². The van der Waals surface area contributed by atoms with Crippen LogP contribution in [0.4, 0.5) is 15.8 Å². The second kappa shape index (κ2) is 11.2. The van der Waals surface area contributed by atoms with Crippen LogP contribution < -0.4 is 30.2 Å². The van der Waals surface area contributed by atoms with Gasteiger partial charge in [-0.2, -0.15) is 0 Å². The fourth-order valence-electron chi connectivity index (χ4n) is 5.36. The van der Waals surface area contributed by atoms with Crippen molar-refractivity contribution >= 4 is 23.3 Å². The molecular formula is C33H32FN3O5. The Bertz CT molecular complexity index is 1690. The Hall–Kier alpha value is -4.89. The van der Waals surface area contributed by atoms with Gasteiger partial charge in [0.25, 0.3) is 5.91 Å². The summed E-state index contributed by atoms with van der Waals surface area (Å²) in [5.74, 6) is -0.458. The van der Waals surface area contributed by atoms with Crippen LogP contribution >= 0.6 is 0 Å². The maximum Gasteiger partial charge on any atom is 0.346 e. The van der Waals surface area contributed by atoms with Crippen LogP contribution in [0.1, 0.15) is 41.4 Å². The second-order valence-electron chi connectivity index (χ2n) is 10.5. The first-order valence-corrected chi connectivity index (χ1v) is 13.3. The van der Waals surface area contributed by atoms with Crippen LogP contribution in [-0.4, -0.2) is 38.7 Å². The van der Waals surface area contributed by atoms with Gasteiger partial charge < -0.3 is 30.2 Å². The molecule has 0 fully saturated rings. The minimum absolute atomic E-state index is 0.122. The van der Waals surface area contributed by atoms with Gasteiger partial charge in [-0.05, 0) is 55.8 Å². The van der Waals surface area contributed by atoms with Crippen molar-refractivity contribution in [1.82, 2.24) is 0 Å². The molecule has 5 rings (SSSR count). The third kappa shape index (κ3) is 5.03. The molecular weight excluding hydrogens is 537 g/mol. The van der Waals surface area contributed by atoms with Crippen molar-refractivity contribution in [2.24, 2.45) is 5.73 Å². The Morgan fingerprint density at radius 1 is 0.929 bits per heavy atom. The quantitative estimate of drug-likeness (QED) is 0.210. The number of nitrogens with two attached hydrogens (primary N) is 1. The molecule has 0 aliphatic carbocycles. The van der Waals surface area contributed by atoms with Gasteiger partial charge in [0.2, 0.25) is 0 Å². The second-order valence-corrected chi connectivity index (χ2v) is 10.5. The minimum atomic E-state index is -0.829. The first kappa shape index (κ1) is 28.6. The van der Waals surface area contributed by atoms with Crippen LogP contribution in [0, 0.1) is 5.82 Å². The van der Waals surface area contributed by atoms with E-state index >= 15 is 0 Å². The van der Waals surface area contributed by atoms with Crippen LogP contribution in [0.5, 0.6) is 17.2 Å². The molecule has 1 amide bonds. The minimum Gasteiger partial charge on any atom is -0.496 e. The van der Waals surface area contributed by atoms with Crippen molar-refractivity contribution in [2.45, 2.75) is 25.4 Å². The lowest BCUT2D eigenvalue weighted by molar-refractivity contribution is -0.121. The van der Waals surface area contributed by atoms with Gasteiger partial charge >= 0.3 is 5.97 Å². The SMILES string of the molecule is COc1cc(OC(=O)c2ccccc2F)ccc1-c1ccc2c(c1C(N)c1ccccc1OC)N(C)C(=O)C(C)(C)N2. The molecule has 0 saturated carbocycles. The average molecular weight is 570 g/mol. The summed E-state index contributed by atoms with van der Waals surface area (Å²) < 4.78 is 31.0. The van der Waals surface area contributed by atoms with Gasteiger partial charge in [-0.1, -0.05) is 36.4 Å². The molecule has 216 valence electrons. The van der Waals surface area contributed by atoms with Crippen molar-refractivity contribution in [3.05, 3.63) is 101 Å². The Morgan fingerprint density at radius 3 is 2.31 bits per heavy atom. The number of methoxy groups -OCH3 is 2. The Balaban J connectivity index is 1.66. The first-order valence-electron chi connectivity index (χ1n) is 13.3. The Labute approximate surface area is 243 Å². The van der Waals surface area contributed by atoms with Crippen LogP contribution in [0.3, 0.4) is 0 Å². The normalized spacial score (nSPS) is 14.5. The highest BCUT2D eigenvalue weighted by atomic mass is 19.1. The monoisotopic (exact) mass is 569 g/mol. The lowest BCUT2D eigenvalue weighted by atomic mass is 9.86. The molecule has 1 unspecified atom stereocenters. The van der Waals surface area contributed by atoms with E-state index in [1.165, 1.54) is 25.3 Å². The maximum absolute atomic E-state index is 14.2. The molecule has 42 heavy (non-hydrogen) atoms. The number of hydrogen-bond donors (Lipinski definition) is 2. The molecule has 1 aliphatic heterocycles. The summed E-state index contributed by atoms with van der Waals surface area (Å²) in [6.45, 7) is 3.65. The number of anilines is 2. The fourth-order valence-corrected chi connectivity index (χ4v) is 5.36. The molecule has 0 spiro atoms. The topological polar surface area (TPSA) is 103 Å². The number of rotatable bonds is 7. The summed E-state index contributed by atoms with van der Waals surface area (Å²) in [4.78, 5) is 27.7. The molecule has 8 nitrogen and oxygen atoms in total. The maximum atomic E-state index is 14.2. The number of nitrogens with zero attached hydrogens (tertiary/aromatic N) is 1. The van der Waals surface area contributed by atoms with Gasteiger partial charge in [0.15, 0.2) is 0 Å². The molecule has 4 aromatic rings. The summed E-state index contributed by atoms with van der Waals surface area (Å²) >= 11 is 0. The van der Waals surface area contributed by atoms with Crippen LogP contribution in [-0.2, 0) is 4.79 Å². The molecule has 1 heterocycles. The molecule has 0 bridgehead atoms. The number of para-hydroxylation sites is 1. The van der Waals surface area contributed by atoms with Gasteiger partial charge in [0.05, 0.1) is 37.2 Å². The van der Waals surface area contributed by atoms with E-state index in [0.717, 1.165) is 11.3 Å². The summed E-state index contributed by atoms with van der Waals surface area (Å²) in [6, 6.07) is 21.1. The molecule has 1 atom stereocenters. The first-order chi connectivity index (χ1) is 20.1. The van der Waals surface area contributed by atoms with E-state index < -0.39 is 23.4 Å². The smallest absolute Gasteiger partial charge is 0.346 e. The van der Waals surface area contributed by atoms with E-state index in [4.69, 9.17) is 19.9 Å². The van der Waals surface area contributed by atoms with Gasteiger partial charge in [-0.25, -0.2) is 9.18 Å². The molecule has 4 aromatic carbocycles. The van der Waals surface area contributed by atoms with Gasteiger partial charge in [0.1, 0.15) is 28.6 Å². The van der Waals surface area contributed by atoms with E-state index in [9.17, 15) is 14.0 Å². The van der Waals surface area contributed by atoms with E-state index in [1.807, 2.05) is 50.2 Å². The zero-order valence-corrected chi connectivity index (χ0v) is 24.0. The number of carbonyl (C=O) groups excluding carboxylic acids is 2. The number of amides is 1. The van der Waals surface area contributed by atoms with E-state index in [1.54, 1.807) is 43.3 Å². The van der Waals surface area contributed by atoms with Crippen LogP contribution in [0.15, 0.2) is 78.9 Å². The Kier molecular flexibility index (Phi) is 7.62. The van der Waals surface area contributed by atoms with Crippen LogP contribution in [0.25, 0.3) is 11.1 Å². The molecule has 0 aromatic heterocycles. The summed E-state index contributed by atoms with van der Waals surface area (Å²) in [5, 5.41) is 3.35. The number of esters is 1. The standard InChI is InChI=1S/C33H32FN3O5/c1-33(2)32(39)37(3)30-25(36-33)17-16-21(28(30)29(35)23-11-7-9-13-26(23)40-4)20-15-14-19(18-27(20)41-5)42-31(38)22-10-6-8-12-24(22)34/h6-18,29,36H,35H2,1-5H3. The number of nitrogens with one attached hydrogen (secondary N) is 1. The highest BCUT2D eigenvalue weighted by Crippen LogP contribution is 2.48. The molecule has 9 heteroatoms. The van der Waals surface area contributed by atoms with Crippen LogP contribution in [0.2, 0.25) is 0 Å². The predicted molar refractivity (Wildman–Crippen MR) is 160 cm³/mol. The molecule has 0 radical (unpaired) electrons. The van der Waals surface area contributed by atoms with Crippen molar-refractivity contribution in [3.63, 3.8) is 0 Å². The molecule has 1 aliphatic rings. The molecule has 0 saturated heterocycles. The number of benzene rings is 4. The van der Waals surface area contributed by atoms with E-state index in [0.29, 0.717) is 33.9 Å². The highest BCUT2D eigenvalue weighted by molar-refractivity contribution is 6.09. The zero-order chi connectivity index (χ0) is 30.2. The number of carbonyl (C=O) groups is 2. The molecule has 3 N–H and O–H groups in total.